The maximum absolute atomic E-state index is 12.4. The van der Waals surface area contributed by atoms with Crippen LogP contribution in [0, 0.1) is 6.92 Å². The van der Waals surface area contributed by atoms with Crippen molar-refractivity contribution < 1.29 is 8.42 Å². The van der Waals surface area contributed by atoms with Crippen molar-refractivity contribution in [2.24, 2.45) is 0 Å². The summed E-state index contributed by atoms with van der Waals surface area (Å²) in [7, 11) is -2.14. The molecule has 20 heavy (non-hydrogen) atoms. The van der Waals surface area contributed by atoms with Gasteiger partial charge in [0, 0.05) is 11.5 Å². The molecule has 1 aromatic heterocycles. The van der Waals surface area contributed by atoms with Crippen molar-refractivity contribution in [3.05, 3.63) is 39.3 Å². The number of nitrogens with zero attached hydrogens (tertiary/aromatic N) is 3. The van der Waals surface area contributed by atoms with Crippen LogP contribution in [-0.4, -0.2) is 35.0 Å². The molecule has 1 aromatic carbocycles. The minimum atomic E-state index is -3.62. The standard InChI is InChI=1S/C11H12BrClN4O2S/c1-7-14-11(16-15-7)6-17(2)20(18,19)8-3-4-10(13)9(12)5-8/h3-5H,6H2,1-2H3,(H,14,15,16). The smallest absolute Gasteiger partial charge is 0.243 e. The summed E-state index contributed by atoms with van der Waals surface area (Å²) in [6, 6.07) is 4.46. The minimum absolute atomic E-state index is 0.0902. The highest BCUT2D eigenvalue weighted by molar-refractivity contribution is 9.10. The highest BCUT2D eigenvalue weighted by atomic mass is 79.9. The summed E-state index contributed by atoms with van der Waals surface area (Å²) in [6.45, 7) is 1.84. The summed E-state index contributed by atoms with van der Waals surface area (Å²) >= 11 is 9.08. The van der Waals surface area contributed by atoms with Crippen LogP contribution in [0.25, 0.3) is 0 Å². The Hall–Kier alpha value is -0.960. The van der Waals surface area contributed by atoms with E-state index >= 15 is 0 Å². The van der Waals surface area contributed by atoms with Crippen molar-refractivity contribution in [3.8, 4) is 0 Å². The first kappa shape index (κ1) is 15.4. The van der Waals surface area contributed by atoms with Crippen LogP contribution in [-0.2, 0) is 16.6 Å². The molecule has 0 fully saturated rings. The molecule has 0 atom stereocenters. The van der Waals surface area contributed by atoms with E-state index in [2.05, 4.69) is 31.1 Å². The number of H-pyrrole nitrogens is 1. The quantitative estimate of drug-likeness (QED) is 0.884. The Morgan fingerprint density at radius 1 is 1.45 bits per heavy atom. The molecule has 0 unspecified atom stereocenters. The second-order valence-corrected chi connectivity index (χ2v) is 7.48. The Bertz CT molecular complexity index is 732. The zero-order valence-electron chi connectivity index (χ0n) is 10.8. The molecule has 108 valence electrons. The van der Waals surface area contributed by atoms with Gasteiger partial charge in [-0.25, -0.2) is 13.4 Å². The average molecular weight is 380 g/mol. The van der Waals surface area contributed by atoms with Gasteiger partial charge in [0.05, 0.1) is 16.5 Å². The lowest BCUT2D eigenvalue weighted by Crippen LogP contribution is -2.27. The van der Waals surface area contributed by atoms with Crippen molar-refractivity contribution in [1.29, 1.82) is 0 Å². The first-order valence-corrected chi connectivity index (χ1v) is 8.21. The van der Waals surface area contributed by atoms with E-state index in [1.807, 2.05) is 0 Å². The third-order valence-electron chi connectivity index (χ3n) is 2.61. The number of aromatic nitrogens is 3. The molecule has 9 heteroatoms. The summed E-state index contributed by atoms with van der Waals surface area (Å²) in [5.74, 6) is 1.06. The van der Waals surface area contributed by atoms with E-state index < -0.39 is 10.0 Å². The Morgan fingerprint density at radius 2 is 2.15 bits per heavy atom. The molecule has 0 amide bonds. The fourth-order valence-electron chi connectivity index (χ4n) is 1.56. The molecule has 0 spiro atoms. The maximum atomic E-state index is 12.4. The maximum Gasteiger partial charge on any atom is 0.243 e. The van der Waals surface area contributed by atoms with Gasteiger partial charge < -0.3 is 0 Å². The van der Waals surface area contributed by atoms with E-state index in [0.717, 1.165) is 0 Å². The van der Waals surface area contributed by atoms with Gasteiger partial charge in [-0.05, 0) is 41.1 Å². The summed E-state index contributed by atoms with van der Waals surface area (Å²) in [6.07, 6.45) is 0. The molecule has 0 aliphatic rings. The topological polar surface area (TPSA) is 79.0 Å². The van der Waals surface area contributed by atoms with E-state index in [9.17, 15) is 8.42 Å². The minimum Gasteiger partial charge on any atom is -0.263 e. The molecule has 0 bridgehead atoms. The molecule has 6 nitrogen and oxygen atoms in total. The van der Waals surface area contributed by atoms with E-state index in [-0.39, 0.29) is 11.4 Å². The van der Waals surface area contributed by atoms with Gasteiger partial charge >= 0.3 is 0 Å². The van der Waals surface area contributed by atoms with Gasteiger partial charge in [0.25, 0.3) is 0 Å². The molecule has 2 aromatic rings. The Labute approximate surface area is 130 Å². The van der Waals surface area contributed by atoms with Gasteiger partial charge in [0.15, 0.2) is 5.82 Å². The van der Waals surface area contributed by atoms with Crippen LogP contribution in [0.4, 0.5) is 0 Å². The molecule has 0 saturated carbocycles. The number of nitrogens with one attached hydrogen (secondary N) is 1. The summed E-state index contributed by atoms with van der Waals surface area (Å²) in [5, 5.41) is 7.05. The predicted octanol–water partition coefficient (Wildman–Crippen LogP) is 2.35. The van der Waals surface area contributed by atoms with Crippen LogP contribution in [0.3, 0.4) is 0 Å². The second-order valence-electron chi connectivity index (χ2n) is 4.17. The second kappa shape index (κ2) is 5.80. The monoisotopic (exact) mass is 378 g/mol. The third kappa shape index (κ3) is 3.20. The number of rotatable bonds is 4. The number of halogens is 2. The number of aromatic amines is 1. The van der Waals surface area contributed by atoms with Gasteiger partial charge in [0.2, 0.25) is 10.0 Å². The molecular weight excluding hydrogens is 368 g/mol. The summed E-state index contributed by atoms with van der Waals surface area (Å²) in [4.78, 5) is 4.24. The van der Waals surface area contributed by atoms with Crippen LogP contribution in [0.2, 0.25) is 5.02 Å². The van der Waals surface area contributed by atoms with Crippen LogP contribution in [0.1, 0.15) is 11.6 Å². The lowest BCUT2D eigenvalue weighted by atomic mass is 10.4. The van der Waals surface area contributed by atoms with E-state index in [1.54, 1.807) is 6.92 Å². The SMILES string of the molecule is Cc1nc(CN(C)S(=O)(=O)c2ccc(Cl)c(Br)c2)n[nH]1. The largest absolute Gasteiger partial charge is 0.263 e. The van der Waals surface area contributed by atoms with Gasteiger partial charge in [0.1, 0.15) is 5.82 Å². The van der Waals surface area contributed by atoms with Gasteiger partial charge in [-0.15, -0.1) is 0 Å². The van der Waals surface area contributed by atoms with Crippen LogP contribution >= 0.6 is 27.5 Å². The Morgan fingerprint density at radius 3 is 2.70 bits per heavy atom. The van der Waals surface area contributed by atoms with E-state index in [4.69, 9.17) is 11.6 Å². The first-order chi connectivity index (χ1) is 9.30. The predicted molar refractivity (Wildman–Crippen MR) is 78.9 cm³/mol. The fourth-order valence-corrected chi connectivity index (χ4v) is 3.36. The lowest BCUT2D eigenvalue weighted by Gasteiger charge is -2.15. The molecule has 1 N–H and O–H groups in total. The third-order valence-corrected chi connectivity index (χ3v) is 5.62. The van der Waals surface area contributed by atoms with Crippen molar-refractivity contribution >= 4 is 37.6 Å². The highest BCUT2D eigenvalue weighted by Gasteiger charge is 2.22. The summed E-state index contributed by atoms with van der Waals surface area (Å²) in [5.41, 5.74) is 0. The number of aryl methyl sites for hydroxylation is 1. The zero-order chi connectivity index (χ0) is 14.9. The van der Waals surface area contributed by atoms with Gasteiger partial charge in [-0.2, -0.15) is 9.40 Å². The Kier molecular flexibility index (Phi) is 4.48. The van der Waals surface area contributed by atoms with Crippen molar-refractivity contribution in [1.82, 2.24) is 19.5 Å². The fraction of sp³-hybridized carbons (Fsp3) is 0.273. The number of hydrogen-bond donors (Lipinski definition) is 1. The van der Waals surface area contributed by atoms with Crippen molar-refractivity contribution in [2.45, 2.75) is 18.4 Å². The molecule has 0 saturated heterocycles. The van der Waals surface area contributed by atoms with Crippen LogP contribution < -0.4 is 0 Å². The molecule has 0 radical (unpaired) electrons. The summed E-state index contributed by atoms with van der Waals surface area (Å²) < 4.78 is 26.5. The van der Waals surface area contributed by atoms with E-state index in [0.29, 0.717) is 21.1 Å². The lowest BCUT2D eigenvalue weighted by molar-refractivity contribution is 0.457. The number of sulfonamides is 1. The number of hydrogen-bond acceptors (Lipinski definition) is 4. The van der Waals surface area contributed by atoms with Crippen LogP contribution in [0.5, 0.6) is 0 Å². The van der Waals surface area contributed by atoms with Gasteiger partial charge in [-0.3, -0.25) is 5.10 Å². The molecule has 0 aliphatic heterocycles. The van der Waals surface area contributed by atoms with Crippen LogP contribution in [0.15, 0.2) is 27.6 Å². The first-order valence-electron chi connectivity index (χ1n) is 5.60. The average Bonchev–Trinajstić information content (AvgIpc) is 2.78. The highest BCUT2D eigenvalue weighted by Crippen LogP contribution is 2.26. The molecule has 0 aliphatic carbocycles. The number of benzene rings is 1. The van der Waals surface area contributed by atoms with Crippen molar-refractivity contribution in [3.63, 3.8) is 0 Å². The molecule has 1 heterocycles. The normalized spacial score (nSPS) is 12.1. The van der Waals surface area contributed by atoms with E-state index in [1.165, 1.54) is 29.6 Å². The Balaban J connectivity index is 2.27. The van der Waals surface area contributed by atoms with Gasteiger partial charge in [-0.1, -0.05) is 11.6 Å². The zero-order valence-corrected chi connectivity index (χ0v) is 13.9. The molecular formula is C11H12BrClN4O2S. The molecule has 2 rings (SSSR count). The van der Waals surface area contributed by atoms with Crippen molar-refractivity contribution in [2.75, 3.05) is 7.05 Å².